The SMILES string of the molecule is CCNC(C)(CO)CCN(CC)CC(CC)CC. The molecule has 0 heterocycles. The van der Waals surface area contributed by atoms with Crippen LogP contribution in [0.1, 0.15) is 53.9 Å². The van der Waals surface area contributed by atoms with Crippen LogP contribution in [0.4, 0.5) is 0 Å². The fraction of sp³-hybridized carbons (Fsp3) is 1.00. The van der Waals surface area contributed by atoms with Gasteiger partial charge in [-0.2, -0.15) is 0 Å². The summed E-state index contributed by atoms with van der Waals surface area (Å²) in [6.45, 7) is 15.5. The third-order valence-corrected chi connectivity index (χ3v) is 4.05. The molecule has 0 radical (unpaired) electrons. The van der Waals surface area contributed by atoms with Crippen molar-refractivity contribution in [2.24, 2.45) is 5.92 Å². The van der Waals surface area contributed by atoms with Crippen molar-refractivity contribution in [1.29, 1.82) is 0 Å². The van der Waals surface area contributed by atoms with Gasteiger partial charge >= 0.3 is 0 Å². The molecule has 0 amide bonds. The lowest BCUT2D eigenvalue weighted by molar-refractivity contribution is 0.141. The molecule has 0 fully saturated rings. The molecule has 1 atom stereocenters. The van der Waals surface area contributed by atoms with Crippen molar-refractivity contribution in [3.63, 3.8) is 0 Å². The summed E-state index contributed by atoms with van der Waals surface area (Å²) in [7, 11) is 0. The molecule has 18 heavy (non-hydrogen) atoms. The van der Waals surface area contributed by atoms with E-state index >= 15 is 0 Å². The molecule has 3 heteroatoms. The van der Waals surface area contributed by atoms with Gasteiger partial charge in [0.05, 0.1) is 6.61 Å². The number of aliphatic hydroxyl groups excluding tert-OH is 1. The van der Waals surface area contributed by atoms with Gasteiger partial charge in [0, 0.05) is 12.1 Å². The summed E-state index contributed by atoms with van der Waals surface area (Å²) in [5.41, 5.74) is -0.129. The van der Waals surface area contributed by atoms with Gasteiger partial charge in [0.15, 0.2) is 0 Å². The zero-order valence-electron chi connectivity index (χ0n) is 13.1. The van der Waals surface area contributed by atoms with Gasteiger partial charge in [0.2, 0.25) is 0 Å². The molecule has 0 spiro atoms. The van der Waals surface area contributed by atoms with E-state index in [9.17, 15) is 5.11 Å². The highest BCUT2D eigenvalue weighted by molar-refractivity contribution is 4.83. The van der Waals surface area contributed by atoms with Gasteiger partial charge in [0.25, 0.3) is 0 Å². The molecule has 110 valence electrons. The zero-order chi connectivity index (χ0) is 14.0. The maximum absolute atomic E-state index is 9.50. The molecular weight excluding hydrogens is 224 g/mol. The predicted molar refractivity (Wildman–Crippen MR) is 80.0 cm³/mol. The van der Waals surface area contributed by atoms with Crippen LogP contribution in [0, 0.1) is 5.92 Å². The molecule has 0 aromatic carbocycles. The van der Waals surface area contributed by atoms with Crippen LogP contribution in [0.15, 0.2) is 0 Å². The van der Waals surface area contributed by atoms with Crippen LogP contribution in [0.2, 0.25) is 0 Å². The van der Waals surface area contributed by atoms with E-state index in [0.29, 0.717) is 0 Å². The van der Waals surface area contributed by atoms with Gasteiger partial charge < -0.3 is 15.3 Å². The minimum absolute atomic E-state index is 0.129. The molecule has 3 nitrogen and oxygen atoms in total. The van der Waals surface area contributed by atoms with Crippen LogP contribution in [0.3, 0.4) is 0 Å². The highest BCUT2D eigenvalue weighted by atomic mass is 16.3. The summed E-state index contributed by atoms with van der Waals surface area (Å²) >= 11 is 0. The van der Waals surface area contributed by atoms with Crippen molar-refractivity contribution in [2.45, 2.75) is 59.4 Å². The van der Waals surface area contributed by atoms with Gasteiger partial charge in [0.1, 0.15) is 0 Å². The Morgan fingerprint density at radius 2 is 1.78 bits per heavy atom. The molecule has 0 aliphatic rings. The molecule has 0 aliphatic heterocycles. The van der Waals surface area contributed by atoms with Gasteiger partial charge in [-0.25, -0.2) is 0 Å². The number of rotatable bonds is 11. The number of hydrogen-bond acceptors (Lipinski definition) is 3. The predicted octanol–water partition coefficient (Wildman–Crippen LogP) is 2.50. The smallest absolute Gasteiger partial charge is 0.0611 e. The molecule has 0 saturated heterocycles. The van der Waals surface area contributed by atoms with Crippen molar-refractivity contribution in [3.8, 4) is 0 Å². The van der Waals surface area contributed by atoms with E-state index in [1.807, 2.05) is 0 Å². The Labute approximate surface area is 114 Å². The minimum atomic E-state index is -0.129. The van der Waals surface area contributed by atoms with Gasteiger partial charge in [-0.15, -0.1) is 0 Å². The number of hydrogen-bond donors (Lipinski definition) is 2. The number of nitrogens with one attached hydrogen (secondary N) is 1. The van der Waals surface area contributed by atoms with Crippen LogP contribution in [0.5, 0.6) is 0 Å². The Morgan fingerprint density at radius 1 is 1.17 bits per heavy atom. The molecular formula is C15H34N2O. The quantitative estimate of drug-likeness (QED) is 0.598. The maximum Gasteiger partial charge on any atom is 0.0611 e. The average molecular weight is 258 g/mol. The van der Waals surface area contributed by atoms with Crippen molar-refractivity contribution in [1.82, 2.24) is 10.2 Å². The Kier molecular flexibility index (Phi) is 9.70. The van der Waals surface area contributed by atoms with Crippen LogP contribution in [-0.2, 0) is 0 Å². The maximum atomic E-state index is 9.50. The zero-order valence-corrected chi connectivity index (χ0v) is 13.1. The lowest BCUT2D eigenvalue weighted by Gasteiger charge is -2.32. The largest absolute Gasteiger partial charge is 0.394 e. The summed E-state index contributed by atoms with van der Waals surface area (Å²) in [5.74, 6) is 0.810. The molecule has 2 N–H and O–H groups in total. The van der Waals surface area contributed by atoms with Gasteiger partial charge in [-0.05, 0) is 38.9 Å². The third kappa shape index (κ3) is 6.72. The van der Waals surface area contributed by atoms with E-state index in [0.717, 1.165) is 32.0 Å². The van der Waals surface area contributed by atoms with Crippen molar-refractivity contribution < 1.29 is 5.11 Å². The monoisotopic (exact) mass is 258 g/mol. The van der Waals surface area contributed by atoms with Crippen LogP contribution in [-0.4, -0.2) is 48.3 Å². The van der Waals surface area contributed by atoms with Crippen molar-refractivity contribution >= 4 is 0 Å². The molecule has 0 aromatic rings. The first kappa shape index (κ1) is 17.9. The highest BCUT2D eigenvalue weighted by Crippen LogP contribution is 2.13. The van der Waals surface area contributed by atoms with E-state index in [4.69, 9.17) is 0 Å². The summed E-state index contributed by atoms with van der Waals surface area (Å²) in [6.07, 6.45) is 3.53. The van der Waals surface area contributed by atoms with Gasteiger partial charge in [-0.1, -0.05) is 40.5 Å². The second-order valence-electron chi connectivity index (χ2n) is 5.57. The van der Waals surface area contributed by atoms with Crippen molar-refractivity contribution in [3.05, 3.63) is 0 Å². The van der Waals surface area contributed by atoms with E-state index in [2.05, 4.69) is 44.8 Å². The Balaban J connectivity index is 4.19. The third-order valence-electron chi connectivity index (χ3n) is 4.05. The highest BCUT2D eigenvalue weighted by Gasteiger charge is 2.22. The molecule has 0 saturated carbocycles. The van der Waals surface area contributed by atoms with E-state index < -0.39 is 0 Å². The molecule has 0 aliphatic carbocycles. The summed E-state index contributed by atoms with van der Waals surface area (Å²) in [6, 6.07) is 0. The van der Waals surface area contributed by atoms with Crippen LogP contribution >= 0.6 is 0 Å². The van der Waals surface area contributed by atoms with Gasteiger partial charge in [-0.3, -0.25) is 0 Å². The number of nitrogens with zero attached hydrogens (tertiary/aromatic N) is 1. The summed E-state index contributed by atoms with van der Waals surface area (Å²) in [4.78, 5) is 2.52. The standard InChI is InChI=1S/C15H34N2O/c1-6-14(7-2)12-17(9-4)11-10-15(5,13-18)16-8-3/h14,16,18H,6-13H2,1-5H3. The Hall–Kier alpha value is -0.120. The molecule has 1 unspecified atom stereocenters. The first-order valence-corrected chi connectivity index (χ1v) is 7.63. The first-order chi connectivity index (χ1) is 8.55. The van der Waals surface area contributed by atoms with E-state index in [1.54, 1.807) is 0 Å². The lowest BCUT2D eigenvalue weighted by atomic mass is 9.97. The topological polar surface area (TPSA) is 35.5 Å². The molecule has 0 rings (SSSR count). The lowest BCUT2D eigenvalue weighted by Crippen LogP contribution is -2.48. The average Bonchev–Trinajstić information content (AvgIpc) is 2.39. The van der Waals surface area contributed by atoms with Crippen molar-refractivity contribution in [2.75, 3.05) is 32.8 Å². The number of likely N-dealkylation sites (N-methyl/N-ethyl adjacent to an activating group) is 1. The Morgan fingerprint density at radius 3 is 2.17 bits per heavy atom. The first-order valence-electron chi connectivity index (χ1n) is 7.63. The fourth-order valence-corrected chi connectivity index (χ4v) is 2.35. The molecule has 0 aromatic heterocycles. The summed E-state index contributed by atoms with van der Waals surface area (Å²) in [5, 5.41) is 12.9. The second kappa shape index (κ2) is 9.76. The molecule has 0 bridgehead atoms. The normalized spacial score (nSPS) is 15.3. The van der Waals surface area contributed by atoms with Crippen LogP contribution in [0.25, 0.3) is 0 Å². The Bertz CT molecular complexity index is 195. The van der Waals surface area contributed by atoms with E-state index in [1.165, 1.54) is 19.4 Å². The fourth-order valence-electron chi connectivity index (χ4n) is 2.35. The minimum Gasteiger partial charge on any atom is -0.394 e. The second-order valence-corrected chi connectivity index (χ2v) is 5.57. The van der Waals surface area contributed by atoms with E-state index in [-0.39, 0.29) is 12.1 Å². The summed E-state index contributed by atoms with van der Waals surface area (Å²) < 4.78 is 0. The van der Waals surface area contributed by atoms with Crippen LogP contribution < -0.4 is 5.32 Å². The number of aliphatic hydroxyl groups is 1.